The first-order valence-corrected chi connectivity index (χ1v) is 8.27. The van der Waals surface area contributed by atoms with Crippen LogP contribution in [-0.2, 0) is 5.54 Å². The zero-order valence-electron chi connectivity index (χ0n) is 14.3. The number of alkyl halides is 2. The van der Waals surface area contributed by atoms with E-state index >= 15 is 0 Å². The van der Waals surface area contributed by atoms with E-state index in [2.05, 4.69) is 51.5 Å². The number of aryl methyl sites for hydroxylation is 2. The number of halogens is 2. The van der Waals surface area contributed by atoms with E-state index in [1.165, 1.54) is 29.1 Å². The molecule has 0 amide bonds. The lowest BCUT2D eigenvalue weighted by Gasteiger charge is -2.22. The molecule has 1 aromatic carbocycles. The number of nitrogens with one attached hydrogen (secondary N) is 1. The molecular weight excluding hydrogens is 340 g/mol. The highest BCUT2D eigenvalue weighted by atomic mass is 19.3. The summed E-state index contributed by atoms with van der Waals surface area (Å²) < 4.78 is 30.0. The van der Waals surface area contributed by atoms with Gasteiger partial charge in [0.15, 0.2) is 0 Å². The van der Waals surface area contributed by atoms with Crippen LogP contribution in [0.15, 0.2) is 35.0 Å². The van der Waals surface area contributed by atoms with Gasteiger partial charge in [-0.15, -0.1) is 10.2 Å². The van der Waals surface area contributed by atoms with Gasteiger partial charge in [-0.2, -0.15) is 8.78 Å². The van der Waals surface area contributed by atoms with Gasteiger partial charge in [-0.05, 0) is 43.4 Å². The second-order valence-corrected chi connectivity index (χ2v) is 6.52. The summed E-state index contributed by atoms with van der Waals surface area (Å²) in [6, 6.07) is 6.25. The Labute approximate surface area is 148 Å². The van der Waals surface area contributed by atoms with E-state index in [1.54, 1.807) is 0 Å². The van der Waals surface area contributed by atoms with E-state index in [9.17, 15) is 8.78 Å². The summed E-state index contributed by atoms with van der Waals surface area (Å²) in [5.41, 5.74) is 4.00. The first-order chi connectivity index (χ1) is 12.5. The molecule has 26 heavy (non-hydrogen) atoms. The van der Waals surface area contributed by atoms with Gasteiger partial charge in [0.2, 0.25) is 5.95 Å². The molecule has 1 aliphatic carbocycles. The van der Waals surface area contributed by atoms with Gasteiger partial charge in [0.25, 0.3) is 11.8 Å². The molecule has 1 N–H and O–H groups in total. The number of benzene rings is 1. The molecule has 6 nitrogen and oxygen atoms in total. The van der Waals surface area contributed by atoms with Crippen LogP contribution >= 0.6 is 0 Å². The van der Waals surface area contributed by atoms with Crippen molar-refractivity contribution in [3.8, 4) is 11.5 Å². The maximum atomic E-state index is 12.5. The van der Waals surface area contributed by atoms with E-state index in [0.717, 1.165) is 12.8 Å². The molecule has 0 spiro atoms. The Bertz CT molecular complexity index is 915. The van der Waals surface area contributed by atoms with Crippen molar-refractivity contribution in [1.29, 1.82) is 0 Å². The SMILES string of the molecule is Cc1cccc(C)c1C1(Nc2ncc(-c3nnc(C(F)F)o3)cn2)CC1. The van der Waals surface area contributed by atoms with Gasteiger partial charge < -0.3 is 9.73 Å². The highest BCUT2D eigenvalue weighted by Crippen LogP contribution is 2.50. The highest BCUT2D eigenvalue weighted by Gasteiger charge is 2.46. The third kappa shape index (κ3) is 2.91. The smallest absolute Gasteiger partial charge is 0.314 e. The monoisotopic (exact) mass is 357 g/mol. The van der Waals surface area contributed by atoms with Gasteiger partial charge in [0, 0.05) is 12.4 Å². The van der Waals surface area contributed by atoms with Crippen molar-refractivity contribution in [1.82, 2.24) is 20.2 Å². The molecule has 4 rings (SSSR count). The lowest BCUT2D eigenvalue weighted by atomic mass is 9.94. The molecule has 2 heterocycles. The fraction of sp³-hybridized carbons (Fsp3) is 0.333. The van der Waals surface area contributed by atoms with Crippen LogP contribution in [-0.4, -0.2) is 20.2 Å². The first kappa shape index (κ1) is 16.6. The Hall–Kier alpha value is -2.90. The first-order valence-electron chi connectivity index (χ1n) is 8.27. The van der Waals surface area contributed by atoms with Crippen LogP contribution in [0.3, 0.4) is 0 Å². The molecule has 1 saturated carbocycles. The Kier molecular flexibility index (Phi) is 3.90. The van der Waals surface area contributed by atoms with Gasteiger partial charge in [-0.25, -0.2) is 9.97 Å². The van der Waals surface area contributed by atoms with Crippen LogP contribution in [0.25, 0.3) is 11.5 Å². The number of nitrogens with zero attached hydrogens (tertiary/aromatic N) is 4. The summed E-state index contributed by atoms with van der Waals surface area (Å²) in [5, 5.41) is 10.3. The molecule has 0 unspecified atom stereocenters. The molecular formula is C18H17F2N5O. The van der Waals surface area contributed by atoms with E-state index in [4.69, 9.17) is 4.42 Å². The van der Waals surface area contributed by atoms with Gasteiger partial charge >= 0.3 is 6.43 Å². The van der Waals surface area contributed by atoms with Gasteiger partial charge in [-0.1, -0.05) is 18.2 Å². The van der Waals surface area contributed by atoms with Crippen molar-refractivity contribution < 1.29 is 13.2 Å². The zero-order valence-corrected chi connectivity index (χ0v) is 14.3. The van der Waals surface area contributed by atoms with Crippen LogP contribution in [0.1, 0.15) is 41.8 Å². The van der Waals surface area contributed by atoms with Gasteiger partial charge in [0.1, 0.15) is 0 Å². The average Bonchev–Trinajstić information content (AvgIpc) is 3.19. The van der Waals surface area contributed by atoms with Crippen molar-refractivity contribution in [2.75, 3.05) is 5.32 Å². The average molecular weight is 357 g/mol. The fourth-order valence-corrected chi connectivity index (χ4v) is 3.29. The van der Waals surface area contributed by atoms with Crippen molar-refractivity contribution in [2.24, 2.45) is 0 Å². The van der Waals surface area contributed by atoms with Crippen molar-refractivity contribution in [3.63, 3.8) is 0 Å². The number of hydrogen-bond acceptors (Lipinski definition) is 6. The maximum absolute atomic E-state index is 12.5. The Morgan fingerprint density at radius 2 is 1.73 bits per heavy atom. The molecule has 3 aromatic rings. The number of rotatable bonds is 5. The fourth-order valence-electron chi connectivity index (χ4n) is 3.29. The molecule has 1 aliphatic rings. The Morgan fingerprint density at radius 1 is 1.08 bits per heavy atom. The second-order valence-electron chi connectivity index (χ2n) is 6.52. The van der Waals surface area contributed by atoms with Crippen LogP contribution in [0.2, 0.25) is 0 Å². The Morgan fingerprint density at radius 3 is 2.27 bits per heavy atom. The summed E-state index contributed by atoms with van der Waals surface area (Å²) in [6.45, 7) is 4.20. The van der Waals surface area contributed by atoms with Crippen LogP contribution in [0, 0.1) is 13.8 Å². The van der Waals surface area contributed by atoms with Crippen LogP contribution in [0.4, 0.5) is 14.7 Å². The largest absolute Gasteiger partial charge is 0.415 e. The number of aromatic nitrogens is 4. The summed E-state index contributed by atoms with van der Waals surface area (Å²) in [5.74, 6) is -0.264. The zero-order chi connectivity index (χ0) is 18.3. The van der Waals surface area contributed by atoms with Crippen LogP contribution in [0.5, 0.6) is 0 Å². The third-order valence-corrected chi connectivity index (χ3v) is 4.59. The molecule has 0 radical (unpaired) electrons. The third-order valence-electron chi connectivity index (χ3n) is 4.59. The minimum atomic E-state index is -2.80. The maximum Gasteiger partial charge on any atom is 0.314 e. The van der Waals surface area contributed by atoms with Gasteiger partial charge in [-0.3, -0.25) is 0 Å². The molecule has 0 atom stereocenters. The summed E-state index contributed by atoms with van der Waals surface area (Å²) in [7, 11) is 0. The minimum absolute atomic E-state index is 0.0252. The topological polar surface area (TPSA) is 76.7 Å². The minimum Gasteiger partial charge on any atom is -0.415 e. The van der Waals surface area contributed by atoms with Crippen molar-refractivity contribution >= 4 is 5.95 Å². The van der Waals surface area contributed by atoms with Gasteiger partial charge in [0.05, 0.1) is 11.1 Å². The standard InChI is InChI=1S/C18H17F2N5O/c1-10-4-3-5-11(2)13(10)18(6-7-18)23-17-21-8-12(9-22-17)15-24-25-16(26-15)14(19)20/h3-5,8-9,14H,6-7H2,1-2H3,(H,21,22,23). The highest BCUT2D eigenvalue weighted by molar-refractivity contribution is 5.53. The molecule has 134 valence electrons. The lowest BCUT2D eigenvalue weighted by Crippen LogP contribution is -2.22. The van der Waals surface area contributed by atoms with Crippen molar-refractivity contribution in [3.05, 3.63) is 53.2 Å². The lowest BCUT2D eigenvalue weighted by molar-refractivity contribution is 0.116. The molecule has 0 aliphatic heterocycles. The summed E-state index contributed by atoms with van der Waals surface area (Å²) in [4.78, 5) is 8.56. The quantitative estimate of drug-likeness (QED) is 0.738. The molecule has 0 bridgehead atoms. The molecule has 1 fully saturated rings. The summed E-state index contributed by atoms with van der Waals surface area (Å²) >= 11 is 0. The molecule has 8 heteroatoms. The summed E-state index contributed by atoms with van der Waals surface area (Å²) in [6.07, 6.45) is 2.18. The van der Waals surface area contributed by atoms with E-state index in [0.29, 0.717) is 11.5 Å². The van der Waals surface area contributed by atoms with E-state index in [-0.39, 0.29) is 11.4 Å². The number of hydrogen-bond donors (Lipinski definition) is 1. The molecule has 0 saturated heterocycles. The van der Waals surface area contributed by atoms with E-state index < -0.39 is 12.3 Å². The Balaban J connectivity index is 1.56. The van der Waals surface area contributed by atoms with Crippen LogP contribution < -0.4 is 5.32 Å². The molecule has 2 aromatic heterocycles. The predicted octanol–water partition coefficient (Wildman–Crippen LogP) is 4.18. The number of anilines is 1. The van der Waals surface area contributed by atoms with Crippen molar-refractivity contribution in [2.45, 2.75) is 38.7 Å². The van der Waals surface area contributed by atoms with E-state index in [1.807, 2.05) is 6.07 Å². The predicted molar refractivity (Wildman–Crippen MR) is 90.7 cm³/mol. The second kappa shape index (κ2) is 6.12. The normalized spacial score (nSPS) is 15.3.